The second-order valence-corrected chi connectivity index (χ2v) is 10.4. The van der Waals surface area contributed by atoms with Crippen molar-refractivity contribution in [1.29, 1.82) is 0 Å². The smallest absolute Gasteiger partial charge is 0.313 e. The zero-order valence-corrected chi connectivity index (χ0v) is 23.7. The van der Waals surface area contributed by atoms with E-state index in [9.17, 15) is 9.59 Å². The maximum absolute atomic E-state index is 13.6. The van der Waals surface area contributed by atoms with Crippen molar-refractivity contribution in [3.63, 3.8) is 0 Å². The van der Waals surface area contributed by atoms with Crippen molar-refractivity contribution >= 4 is 11.8 Å². The van der Waals surface area contributed by atoms with Gasteiger partial charge in [-0.25, -0.2) is 0 Å². The lowest BCUT2D eigenvalue weighted by molar-refractivity contribution is -0.150. The third-order valence-electron chi connectivity index (χ3n) is 7.02. The Hall–Kier alpha value is -3.46. The minimum absolute atomic E-state index is 0.0937. The first kappa shape index (κ1) is 30.1. The molecule has 0 radical (unpaired) electrons. The van der Waals surface area contributed by atoms with Gasteiger partial charge in [-0.3, -0.25) is 9.59 Å². The number of benzene rings is 2. The van der Waals surface area contributed by atoms with Gasteiger partial charge in [0.25, 0.3) is 0 Å². The predicted octanol–water partition coefficient (Wildman–Crippen LogP) is 6.93. The van der Waals surface area contributed by atoms with Crippen LogP contribution in [0.2, 0.25) is 0 Å². The lowest BCUT2D eigenvalue weighted by Gasteiger charge is -2.32. The molecule has 0 aromatic heterocycles. The Kier molecular flexibility index (Phi) is 11.3. The minimum atomic E-state index is -1.14. The van der Waals surface area contributed by atoms with Gasteiger partial charge < -0.3 is 14.2 Å². The third-order valence-corrected chi connectivity index (χ3v) is 7.02. The van der Waals surface area contributed by atoms with Gasteiger partial charge in [0.15, 0.2) is 5.78 Å². The molecule has 5 atom stereocenters. The lowest BCUT2D eigenvalue weighted by Crippen LogP contribution is -2.41. The van der Waals surface area contributed by atoms with Crippen molar-refractivity contribution in [3.8, 4) is 0 Å². The third kappa shape index (κ3) is 9.06. The van der Waals surface area contributed by atoms with E-state index in [1.54, 1.807) is 13.0 Å². The molecule has 0 spiro atoms. The fraction of sp³-hybridized carbons (Fsp3) is 0.412. The maximum Gasteiger partial charge on any atom is 0.313 e. The van der Waals surface area contributed by atoms with Crippen LogP contribution in [-0.2, 0) is 37.0 Å². The van der Waals surface area contributed by atoms with E-state index < -0.39 is 23.6 Å². The first-order chi connectivity index (χ1) is 18.7. The van der Waals surface area contributed by atoms with Crippen molar-refractivity contribution < 1.29 is 23.8 Å². The van der Waals surface area contributed by atoms with E-state index in [0.29, 0.717) is 19.4 Å². The summed E-state index contributed by atoms with van der Waals surface area (Å²) in [6.45, 7) is 10.1. The molecule has 1 unspecified atom stereocenters. The normalized spacial score (nSPS) is 27.3. The summed E-state index contributed by atoms with van der Waals surface area (Å²) in [4.78, 5) is 26.4. The van der Waals surface area contributed by atoms with E-state index in [-0.39, 0.29) is 24.4 Å². The summed E-state index contributed by atoms with van der Waals surface area (Å²) >= 11 is 0. The van der Waals surface area contributed by atoms with Gasteiger partial charge in [0.2, 0.25) is 0 Å². The summed E-state index contributed by atoms with van der Waals surface area (Å²) in [6.07, 6.45) is 5.14. The van der Waals surface area contributed by atoms with E-state index >= 15 is 0 Å². The van der Waals surface area contributed by atoms with Gasteiger partial charge in [0.1, 0.15) is 11.7 Å². The van der Waals surface area contributed by atoms with Crippen molar-refractivity contribution in [2.24, 2.45) is 11.8 Å². The van der Waals surface area contributed by atoms with Gasteiger partial charge in [-0.05, 0) is 62.8 Å². The molecule has 5 heteroatoms. The van der Waals surface area contributed by atoms with Crippen LogP contribution in [0.3, 0.4) is 0 Å². The highest BCUT2D eigenvalue weighted by atomic mass is 16.5. The van der Waals surface area contributed by atoms with Crippen molar-refractivity contribution in [2.45, 2.75) is 78.5 Å². The van der Waals surface area contributed by atoms with Crippen molar-refractivity contribution in [2.75, 3.05) is 0 Å². The van der Waals surface area contributed by atoms with Crippen molar-refractivity contribution in [3.05, 3.63) is 107 Å². The molecule has 206 valence electrons. The first-order valence-electron chi connectivity index (χ1n) is 13.7. The van der Waals surface area contributed by atoms with Crippen LogP contribution in [0, 0.1) is 11.8 Å². The van der Waals surface area contributed by atoms with Gasteiger partial charge in [-0.15, -0.1) is 0 Å². The largest absolute Gasteiger partial charge is 0.457 e. The molecule has 1 aliphatic heterocycles. The van der Waals surface area contributed by atoms with Crippen LogP contribution >= 0.6 is 0 Å². The Balaban J connectivity index is 1.97. The quantitative estimate of drug-likeness (QED) is 0.288. The number of carbonyl (C=O) groups is 2. The summed E-state index contributed by atoms with van der Waals surface area (Å²) in [6, 6.07) is 19.7. The fourth-order valence-corrected chi connectivity index (χ4v) is 4.45. The summed E-state index contributed by atoms with van der Waals surface area (Å²) in [5.74, 6) is -1.28. The van der Waals surface area contributed by atoms with E-state index in [4.69, 9.17) is 14.2 Å². The lowest BCUT2D eigenvalue weighted by atomic mass is 9.85. The number of carbonyl (C=O) groups excluding carboxylic acids is 2. The molecule has 1 heterocycles. The maximum atomic E-state index is 13.6. The molecule has 0 bridgehead atoms. The zero-order chi connectivity index (χ0) is 28.3. The molecule has 0 aliphatic carbocycles. The summed E-state index contributed by atoms with van der Waals surface area (Å²) < 4.78 is 18.4. The van der Waals surface area contributed by atoms with Gasteiger partial charge in [0, 0.05) is 5.57 Å². The average molecular weight is 529 g/mol. The van der Waals surface area contributed by atoms with Crippen molar-refractivity contribution in [1.82, 2.24) is 0 Å². The van der Waals surface area contributed by atoms with Crippen LogP contribution in [0.15, 0.2) is 95.9 Å². The molecule has 0 N–H and O–H groups in total. The van der Waals surface area contributed by atoms with Crippen LogP contribution in [0.1, 0.15) is 58.6 Å². The van der Waals surface area contributed by atoms with Gasteiger partial charge in [-0.2, -0.15) is 0 Å². The molecule has 0 amide bonds. The van der Waals surface area contributed by atoms with Gasteiger partial charge in [-0.1, -0.05) is 92.0 Å². The average Bonchev–Trinajstić information content (AvgIpc) is 2.95. The second kappa shape index (κ2) is 14.6. The topological polar surface area (TPSA) is 61.8 Å². The molecule has 2 aromatic carbocycles. The van der Waals surface area contributed by atoms with Crippen LogP contribution in [0.25, 0.3) is 0 Å². The van der Waals surface area contributed by atoms with E-state index in [1.807, 2.05) is 94.4 Å². The number of cyclic esters (lactones) is 1. The molecule has 2 aromatic rings. The first-order valence-corrected chi connectivity index (χ1v) is 13.7. The fourth-order valence-electron chi connectivity index (χ4n) is 4.45. The highest BCUT2D eigenvalue weighted by Crippen LogP contribution is 2.29. The van der Waals surface area contributed by atoms with Gasteiger partial charge >= 0.3 is 5.97 Å². The Morgan fingerprint density at radius 1 is 0.974 bits per heavy atom. The Labute approximate surface area is 232 Å². The molecule has 0 saturated carbocycles. The van der Waals surface area contributed by atoms with E-state index in [2.05, 4.69) is 11.5 Å². The van der Waals surface area contributed by atoms with E-state index in [0.717, 1.165) is 16.7 Å². The standard InChI is InChI=1S/C34H40O5/c1-6-30-25(2)14-13-19-31(37-23-28-15-9-7-10-16-28)27(4)22-34(5,38-24-29-17-11-8-12-18-29)32(35)21-20-26(3)33(36)39-30/h7-12,15-21,26-27,30-31H,6,22-24H2,1-5H3/b21-20+,25-19?/t26?,27-,30-,31-,34-/m1/s1. The number of rotatable bonds is 7. The molecular formula is C34H40O5. The molecular weight excluding hydrogens is 488 g/mol. The zero-order valence-electron chi connectivity index (χ0n) is 23.7. The van der Waals surface area contributed by atoms with Gasteiger partial charge in [0.05, 0.1) is 25.2 Å². The number of esters is 1. The number of hydrogen-bond acceptors (Lipinski definition) is 5. The Morgan fingerprint density at radius 3 is 2.21 bits per heavy atom. The van der Waals surface area contributed by atoms with Crippen LogP contribution in [-0.4, -0.2) is 29.6 Å². The Bertz CT molecular complexity index is 1220. The second-order valence-electron chi connectivity index (χ2n) is 10.4. The number of hydrogen-bond donors (Lipinski definition) is 0. The molecule has 3 rings (SSSR count). The molecule has 1 aliphatic rings. The summed E-state index contributed by atoms with van der Waals surface area (Å²) in [5, 5.41) is 0. The molecule has 0 saturated heterocycles. The molecule has 39 heavy (non-hydrogen) atoms. The molecule has 5 nitrogen and oxygen atoms in total. The summed E-state index contributed by atoms with van der Waals surface area (Å²) in [7, 11) is 0. The highest BCUT2D eigenvalue weighted by molar-refractivity contribution is 5.97. The highest BCUT2D eigenvalue weighted by Gasteiger charge is 2.36. The number of ketones is 1. The summed E-state index contributed by atoms with van der Waals surface area (Å²) in [5.41, 5.74) is 7.95. The number of ether oxygens (including phenoxy) is 3. The minimum Gasteiger partial charge on any atom is -0.457 e. The predicted molar refractivity (Wildman–Crippen MR) is 153 cm³/mol. The van der Waals surface area contributed by atoms with E-state index in [1.165, 1.54) is 6.08 Å². The molecule has 0 fully saturated rings. The van der Waals surface area contributed by atoms with Crippen LogP contribution in [0.5, 0.6) is 0 Å². The van der Waals surface area contributed by atoms with Crippen LogP contribution < -0.4 is 0 Å². The SMILES string of the molecule is CC[C@H]1OC(=O)C(C)/C=C/C(=O)[C@](C)(OCc2ccccc2)C[C@@H](C)[C@H](OCc2ccccc2)C=C=C=C1C. The van der Waals surface area contributed by atoms with Crippen LogP contribution in [0.4, 0.5) is 0 Å². The monoisotopic (exact) mass is 528 g/mol. The Morgan fingerprint density at radius 2 is 1.59 bits per heavy atom.